The second kappa shape index (κ2) is 28.9. The fourth-order valence-corrected chi connectivity index (χ4v) is 9.31. The molecule has 7 heterocycles. The van der Waals surface area contributed by atoms with Crippen LogP contribution in [0.2, 0.25) is 0 Å². The van der Waals surface area contributed by atoms with Crippen LogP contribution in [0.25, 0.3) is 91.4 Å². The SMILES string of the molecule is C=C(c1ccc(-c2cnc(C)c(-c3nnc(NC)o3)n2)cc1)N(C)C.C=C(c1ccc(-c2cnc(C)c(-c3nnc(Nc4ccccc4)o3)n2)cc1)N(C)C.COC(=O)N1CCCN(C(=O)c2ccc(-c3cnc(N)c(-c4nnc(-c5ccccc5)o4)n3)cc2)CC1.[HH].[HH].[HH]. The van der Waals surface area contributed by atoms with Crippen molar-refractivity contribution in [3.63, 3.8) is 0 Å². The van der Waals surface area contributed by atoms with Crippen molar-refractivity contribution in [2.45, 2.75) is 20.3 Å². The Morgan fingerprint density at radius 3 is 1.47 bits per heavy atom. The Labute approximate surface area is 535 Å². The predicted octanol–water partition coefficient (Wildman–Crippen LogP) is 11.9. The summed E-state index contributed by atoms with van der Waals surface area (Å²) in [5, 5.41) is 30.2. The van der Waals surface area contributed by atoms with E-state index in [1.54, 1.807) is 59.7 Å². The molecule has 1 aliphatic heterocycles. The van der Waals surface area contributed by atoms with Crippen LogP contribution in [0.1, 0.15) is 43.6 Å². The summed E-state index contributed by atoms with van der Waals surface area (Å²) < 4.78 is 21.9. The van der Waals surface area contributed by atoms with Gasteiger partial charge in [0.1, 0.15) is 11.4 Å². The van der Waals surface area contributed by atoms with Gasteiger partial charge in [0.05, 0.1) is 54.2 Å². The Bertz CT molecular complexity index is 4370. The maximum atomic E-state index is 13.1. The van der Waals surface area contributed by atoms with Gasteiger partial charge in [0.2, 0.25) is 5.89 Å². The van der Waals surface area contributed by atoms with Gasteiger partial charge in [-0.05, 0) is 67.8 Å². The highest BCUT2D eigenvalue weighted by Crippen LogP contribution is 2.31. The van der Waals surface area contributed by atoms with Crippen LogP contribution in [0.4, 0.5) is 28.3 Å². The maximum Gasteiger partial charge on any atom is 0.409 e. The van der Waals surface area contributed by atoms with Gasteiger partial charge in [-0.3, -0.25) is 14.8 Å². The molecular formula is C67H73N19O6. The van der Waals surface area contributed by atoms with Gasteiger partial charge in [-0.25, -0.2) is 24.7 Å². The van der Waals surface area contributed by atoms with Gasteiger partial charge in [-0.1, -0.05) is 120 Å². The summed E-state index contributed by atoms with van der Waals surface area (Å²) in [6.45, 7) is 13.9. The Morgan fingerprint density at radius 1 is 0.522 bits per heavy atom. The molecule has 5 aromatic carbocycles. The van der Waals surface area contributed by atoms with Gasteiger partial charge in [0.25, 0.3) is 23.6 Å². The number of hydrogen-bond donors (Lipinski definition) is 3. The summed E-state index contributed by atoms with van der Waals surface area (Å²) in [6, 6.07) is 42.9. The molecule has 2 amide bonds. The number of ether oxygens (including phenoxy) is 1. The first-order valence-corrected chi connectivity index (χ1v) is 29.1. The lowest BCUT2D eigenvalue weighted by molar-refractivity contribution is 0.0757. The number of para-hydroxylation sites is 1. The zero-order valence-electron chi connectivity index (χ0n) is 52.1. The highest BCUT2D eigenvalue weighted by Gasteiger charge is 2.25. The van der Waals surface area contributed by atoms with E-state index in [-0.39, 0.29) is 33.7 Å². The van der Waals surface area contributed by atoms with Crippen molar-refractivity contribution < 1.29 is 31.9 Å². The number of carbonyl (C=O) groups excluding carboxylic acids is 2. The second-order valence-electron chi connectivity index (χ2n) is 21.2. The number of hydrogen-bond acceptors (Lipinski definition) is 23. The molecule has 0 bridgehead atoms. The third-order valence-corrected chi connectivity index (χ3v) is 14.6. The smallest absolute Gasteiger partial charge is 0.409 e. The standard InChI is InChI=1S/C26H25N7O4.C23H22N6O.C18H20N6O.3H2/c1-36-26(35)33-13-5-12-32(14-15-33)25(34)19-10-8-17(9-11-19)20-16-28-22(27)21(29-20)24-31-30-23(37-24)18-6-3-2-4-7-18;1-15-21(22-27-28-23(30-22)25-19-8-6-5-7-9-19)26-20(14-24-15)18-12-10-17(11-13-18)16(2)29(3)4;1-11-16(17-22-23-18(19-3)25-17)21-15(10-20-11)14-8-6-13(7-9-14)12(2)24(4)5;;;/h2-4,6-11,16H,5,12-15H2,1H3,(H2,27,28);5-14H,2H2,1,3-4H3,(H,25,28);6-10H,2H2,1,3-5H3,(H,19,23);3*1H. The monoisotopic (exact) mass is 1240 g/mol. The fraction of sp³-hybridized carbons (Fsp3) is 0.194. The number of amides is 2. The molecule has 1 fully saturated rings. The summed E-state index contributed by atoms with van der Waals surface area (Å²) in [6.07, 6.45) is 5.35. The highest BCUT2D eigenvalue weighted by atomic mass is 16.5. The van der Waals surface area contributed by atoms with Gasteiger partial charge in [0, 0.05) is 111 Å². The van der Waals surface area contributed by atoms with Crippen LogP contribution >= 0.6 is 0 Å². The van der Waals surface area contributed by atoms with E-state index >= 15 is 0 Å². The molecule has 472 valence electrons. The molecule has 11 aromatic rings. The molecule has 12 rings (SSSR count). The molecule has 1 saturated heterocycles. The largest absolute Gasteiger partial charge is 0.453 e. The molecule has 25 nitrogen and oxygen atoms in total. The number of methoxy groups -OCH3 is 1. The third-order valence-electron chi connectivity index (χ3n) is 14.6. The van der Waals surface area contributed by atoms with Crippen molar-refractivity contribution in [2.75, 3.05) is 84.9 Å². The highest BCUT2D eigenvalue weighted by molar-refractivity contribution is 5.95. The van der Waals surface area contributed by atoms with E-state index in [2.05, 4.69) is 79.3 Å². The van der Waals surface area contributed by atoms with Crippen molar-refractivity contribution in [1.29, 1.82) is 0 Å². The number of nitrogen functional groups attached to an aromatic ring is 1. The molecule has 92 heavy (non-hydrogen) atoms. The molecule has 4 N–H and O–H groups in total. The zero-order chi connectivity index (χ0) is 64.8. The summed E-state index contributed by atoms with van der Waals surface area (Å²) in [5.41, 5.74) is 19.8. The zero-order valence-corrected chi connectivity index (χ0v) is 52.1. The summed E-state index contributed by atoms with van der Waals surface area (Å²) in [7, 11) is 11.0. The van der Waals surface area contributed by atoms with E-state index in [0.717, 1.165) is 67.5 Å². The van der Waals surface area contributed by atoms with E-state index in [9.17, 15) is 9.59 Å². The van der Waals surface area contributed by atoms with Gasteiger partial charge in [-0.15, -0.1) is 20.4 Å². The summed E-state index contributed by atoms with van der Waals surface area (Å²) >= 11 is 0. The molecule has 0 spiro atoms. The van der Waals surface area contributed by atoms with Crippen LogP contribution in [-0.2, 0) is 4.74 Å². The molecule has 1 aliphatic rings. The Kier molecular flexibility index (Phi) is 19.8. The summed E-state index contributed by atoms with van der Waals surface area (Å²) in [5.74, 6) is 1.25. The Morgan fingerprint density at radius 2 is 0.957 bits per heavy atom. The Hall–Kier alpha value is -12.0. The average Bonchev–Trinajstić information content (AvgIpc) is 1.82. The van der Waals surface area contributed by atoms with Crippen molar-refractivity contribution in [3.05, 3.63) is 193 Å². The third kappa shape index (κ3) is 15.1. The first-order valence-electron chi connectivity index (χ1n) is 29.1. The van der Waals surface area contributed by atoms with Gasteiger partial charge in [-0.2, -0.15) is 0 Å². The fourth-order valence-electron chi connectivity index (χ4n) is 9.31. The number of anilines is 4. The minimum absolute atomic E-state index is 0. The number of nitrogens with zero attached hydrogens (tertiary/aromatic N) is 16. The molecular weight excluding hydrogens is 1170 g/mol. The number of aryl methyl sites for hydroxylation is 2. The Balaban J connectivity index is 0.000000202. The molecule has 0 radical (unpaired) electrons. The first-order chi connectivity index (χ1) is 44.5. The molecule has 0 atom stereocenters. The van der Waals surface area contributed by atoms with Crippen LogP contribution in [0.5, 0.6) is 0 Å². The number of aromatic nitrogens is 12. The summed E-state index contributed by atoms with van der Waals surface area (Å²) in [4.78, 5) is 59.3. The molecule has 0 aliphatic carbocycles. The maximum absolute atomic E-state index is 13.1. The normalized spacial score (nSPS) is 11.9. The van der Waals surface area contributed by atoms with Crippen LogP contribution in [0, 0.1) is 13.8 Å². The van der Waals surface area contributed by atoms with Crippen LogP contribution in [0.15, 0.2) is 178 Å². The number of nitrogens with two attached hydrogens (primary N) is 1. The number of nitrogens with one attached hydrogen (secondary N) is 2. The van der Waals surface area contributed by atoms with Crippen LogP contribution in [0.3, 0.4) is 0 Å². The van der Waals surface area contributed by atoms with Crippen molar-refractivity contribution in [2.24, 2.45) is 0 Å². The van der Waals surface area contributed by atoms with E-state index in [0.29, 0.717) is 90.6 Å². The second-order valence-corrected chi connectivity index (χ2v) is 21.2. The lowest BCUT2D eigenvalue weighted by Crippen LogP contribution is -2.37. The molecule has 25 heteroatoms. The topological polar surface area (TPSA) is 301 Å². The first kappa shape index (κ1) is 63.0. The van der Waals surface area contributed by atoms with Crippen molar-refractivity contribution in [1.82, 2.24) is 80.1 Å². The van der Waals surface area contributed by atoms with Gasteiger partial charge < -0.3 is 54.0 Å². The molecule has 0 saturated carbocycles. The average molecular weight is 1240 g/mol. The van der Waals surface area contributed by atoms with E-state index in [1.165, 1.54) is 7.11 Å². The molecule has 6 aromatic heterocycles. The number of benzene rings is 5. The van der Waals surface area contributed by atoms with Crippen LogP contribution < -0.4 is 16.4 Å². The lowest BCUT2D eigenvalue weighted by Gasteiger charge is -2.21. The predicted molar refractivity (Wildman–Crippen MR) is 357 cm³/mol. The van der Waals surface area contributed by atoms with E-state index in [1.807, 2.05) is 161 Å². The van der Waals surface area contributed by atoms with Crippen molar-refractivity contribution >= 4 is 46.9 Å². The van der Waals surface area contributed by atoms with E-state index in [4.69, 9.17) is 28.7 Å². The lowest BCUT2D eigenvalue weighted by atomic mass is 10.1. The van der Waals surface area contributed by atoms with Crippen molar-refractivity contribution in [3.8, 4) is 80.0 Å². The number of carbonyl (C=O) groups is 2. The van der Waals surface area contributed by atoms with Gasteiger partial charge in [0.15, 0.2) is 11.5 Å². The minimum Gasteiger partial charge on any atom is -0.453 e. The molecule has 0 unspecified atom stereocenters. The van der Waals surface area contributed by atoms with E-state index < -0.39 is 0 Å². The minimum atomic E-state index is -0.376. The van der Waals surface area contributed by atoms with Crippen LogP contribution in [-0.4, -0.2) is 161 Å². The number of rotatable bonds is 15. The quantitative estimate of drug-likeness (QED) is 0.0859. The van der Waals surface area contributed by atoms with Gasteiger partial charge >= 0.3 is 18.1 Å².